The predicted octanol–water partition coefficient (Wildman–Crippen LogP) is -0.705. The second-order valence-electron chi connectivity index (χ2n) is 4.88. The van der Waals surface area contributed by atoms with Crippen molar-refractivity contribution in [3.8, 4) is 0 Å². The lowest BCUT2D eigenvalue weighted by Crippen LogP contribution is -2.42. The minimum Gasteiger partial charge on any atom is -0.382 e. The molecule has 4 N–H and O–H groups in total. The second kappa shape index (κ2) is 5.53. The van der Waals surface area contributed by atoms with Crippen molar-refractivity contribution in [1.82, 2.24) is 19.5 Å². The van der Waals surface area contributed by atoms with Crippen LogP contribution in [0.2, 0.25) is 0 Å². The number of aromatic nitrogens is 4. The molecule has 1 saturated heterocycles. The van der Waals surface area contributed by atoms with Crippen molar-refractivity contribution in [2.75, 3.05) is 26.6 Å². The Morgan fingerprint density at radius 1 is 1.33 bits per heavy atom. The highest BCUT2D eigenvalue weighted by Gasteiger charge is 2.44. The van der Waals surface area contributed by atoms with E-state index in [1.54, 1.807) is 25.1 Å². The minimum absolute atomic E-state index is 0.262. The van der Waals surface area contributed by atoms with Crippen LogP contribution >= 0.6 is 0 Å². The average Bonchev–Trinajstić information content (AvgIpc) is 3.02. The van der Waals surface area contributed by atoms with Crippen LogP contribution in [0, 0.1) is 0 Å². The topological polar surface area (TPSA) is 123 Å². The fourth-order valence-corrected chi connectivity index (χ4v) is 2.62. The van der Waals surface area contributed by atoms with E-state index in [0.717, 1.165) is 0 Å². The summed E-state index contributed by atoms with van der Waals surface area (Å²) in [4.78, 5) is 12.4. The van der Waals surface area contributed by atoms with Gasteiger partial charge in [0.15, 0.2) is 17.7 Å². The monoisotopic (exact) mass is 294 g/mol. The smallest absolute Gasteiger partial charge is 0.167 e. The number of rotatable bonds is 4. The zero-order valence-corrected chi connectivity index (χ0v) is 11.8. The van der Waals surface area contributed by atoms with Crippen LogP contribution in [-0.2, 0) is 14.2 Å². The molecule has 1 fully saturated rings. The second-order valence-corrected chi connectivity index (χ2v) is 4.88. The van der Waals surface area contributed by atoms with Gasteiger partial charge in [-0.2, -0.15) is 0 Å². The van der Waals surface area contributed by atoms with Crippen molar-refractivity contribution in [2.24, 2.45) is 5.73 Å². The van der Waals surface area contributed by atoms with Gasteiger partial charge < -0.3 is 25.7 Å². The SMILES string of the molecule is COCC1OC(n2cnc3c(N)ncnc32)C(OC)C1N. The van der Waals surface area contributed by atoms with Crippen LogP contribution < -0.4 is 11.5 Å². The molecule has 9 heteroatoms. The lowest BCUT2D eigenvalue weighted by atomic mass is 10.1. The fraction of sp³-hybridized carbons (Fsp3) is 0.583. The van der Waals surface area contributed by atoms with Crippen molar-refractivity contribution < 1.29 is 14.2 Å². The number of hydrogen-bond acceptors (Lipinski definition) is 8. The lowest BCUT2D eigenvalue weighted by Gasteiger charge is -2.20. The molecular formula is C12H18N6O3. The van der Waals surface area contributed by atoms with Gasteiger partial charge in [0.2, 0.25) is 0 Å². The van der Waals surface area contributed by atoms with E-state index in [-0.39, 0.29) is 18.2 Å². The van der Waals surface area contributed by atoms with Crippen LogP contribution in [0.5, 0.6) is 0 Å². The summed E-state index contributed by atoms with van der Waals surface area (Å²) in [5, 5.41) is 0. The van der Waals surface area contributed by atoms with Crippen molar-refractivity contribution in [3.63, 3.8) is 0 Å². The summed E-state index contributed by atoms with van der Waals surface area (Å²) in [6.07, 6.45) is 1.96. The van der Waals surface area contributed by atoms with Gasteiger partial charge in [-0.05, 0) is 0 Å². The van der Waals surface area contributed by atoms with E-state index in [2.05, 4.69) is 15.0 Å². The van der Waals surface area contributed by atoms with Crippen LogP contribution in [-0.4, -0.2) is 58.6 Å². The molecule has 3 heterocycles. The maximum Gasteiger partial charge on any atom is 0.167 e. The number of nitrogen functional groups attached to an aromatic ring is 1. The fourth-order valence-electron chi connectivity index (χ4n) is 2.62. The van der Waals surface area contributed by atoms with Gasteiger partial charge in [0.05, 0.1) is 19.0 Å². The molecular weight excluding hydrogens is 276 g/mol. The first-order chi connectivity index (χ1) is 10.2. The molecule has 2 aromatic heterocycles. The van der Waals surface area contributed by atoms with E-state index >= 15 is 0 Å². The molecule has 2 aromatic rings. The Morgan fingerprint density at radius 3 is 2.86 bits per heavy atom. The van der Waals surface area contributed by atoms with Gasteiger partial charge in [-0.1, -0.05) is 0 Å². The number of imidazole rings is 1. The van der Waals surface area contributed by atoms with Crippen LogP contribution in [0.25, 0.3) is 11.2 Å². The van der Waals surface area contributed by atoms with Gasteiger partial charge >= 0.3 is 0 Å². The Hall–Kier alpha value is -1.81. The summed E-state index contributed by atoms with van der Waals surface area (Å²) < 4.78 is 18.3. The van der Waals surface area contributed by atoms with E-state index in [1.165, 1.54) is 6.33 Å². The number of hydrogen-bond donors (Lipinski definition) is 2. The highest BCUT2D eigenvalue weighted by atomic mass is 16.6. The number of anilines is 1. The molecule has 4 atom stereocenters. The number of ether oxygens (including phenoxy) is 3. The summed E-state index contributed by atoms with van der Waals surface area (Å²) >= 11 is 0. The van der Waals surface area contributed by atoms with E-state index < -0.39 is 6.23 Å². The summed E-state index contributed by atoms with van der Waals surface area (Å²) in [6, 6.07) is -0.309. The third kappa shape index (κ3) is 2.23. The van der Waals surface area contributed by atoms with E-state index in [0.29, 0.717) is 23.6 Å². The van der Waals surface area contributed by atoms with Gasteiger partial charge in [0.1, 0.15) is 24.1 Å². The molecule has 0 radical (unpaired) electrons. The molecule has 3 rings (SSSR count). The summed E-state index contributed by atoms with van der Waals surface area (Å²) in [6.45, 7) is 0.390. The molecule has 0 aliphatic carbocycles. The summed E-state index contributed by atoms with van der Waals surface area (Å²) in [5.74, 6) is 0.323. The summed E-state index contributed by atoms with van der Waals surface area (Å²) in [5.41, 5.74) is 13.1. The summed E-state index contributed by atoms with van der Waals surface area (Å²) in [7, 11) is 3.20. The van der Waals surface area contributed by atoms with Crippen molar-refractivity contribution in [1.29, 1.82) is 0 Å². The first kappa shape index (κ1) is 14.1. The minimum atomic E-state index is -0.440. The highest BCUT2D eigenvalue weighted by Crippen LogP contribution is 2.32. The van der Waals surface area contributed by atoms with Crippen LogP contribution in [0.1, 0.15) is 6.23 Å². The van der Waals surface area contributed by atoms with E-state index in [4.69, 9.17) is 25.7 Å². The molecule has 21 heavy (non-hydrogen) atoms. The van der Waals surface area contributed by atoms with Gasteiger partial charge in [0, 0.05) is 14.2 Å². The average molecular weight is 294 g/mol. The van der Waals surface area contributed by atoms with Crippen LogP contribution in [0.3, 0.4) is 0 Å². The Bertz CT molecular complexity index is 632. The molecule has 1 aliphatic heterocycles. The van der Waals surface area contributed by atoms with Gasteiger partial charge in [-0.25, -0.2) is 15.0 Å². The molecule has 114 valence electrons. The highest BCUT2D eigenvalue weighted by molar-refractivity contribution is 5.81. The Balaban J connectivity index is 1.99. The van der Waals surface area contributed by atoms with Crippen LogP contribution in [0.4, 0.5) is 5.82 Å². The maximum absolute atomic E-state index is 6.17. The lowest BCUT2D eigenvalue weighted by molar-refractivity contribution is -0.0626. The zero-order chi connectivity index (χ0) is 15.0. The molecule has 0 spiro atoms. The quantitative estimate of drug-likeness (QED) is 0.758. The van der Waals surface area contributed by atoms with E-state index in [9.17, 15) is 0 Å². The maximum atomic E-state index is 6.17. The Labute approximate surface area is 121 Å². The molecule has 9 nitrogen and oxygen atoms in total. The molecule has 1 aliphatic rings. The number of fused-ring (bicyclic) bond motifs is 1. The molecule has 0 aromatic carbocycles. The Morgan fingerprint density at radius 2 is 2.14 bits per heavy atom. The predicted molar refractivity (Wildman–Crippen MR) is 74.3 cm³/mol. The van der Waals surface area contributed by atoms with Gasteiger partial charge in [-0.15, -0.1) is 0 Å². The molecule has 0 amide bonds. The van der Waals surface area contributed by atoms with Crippen molar-refractivity contribution >= 4 is 17.0 Å². The van der Waals surface area contributed by atoms with Gasteiger partial charge in [-0.3, -0.25) is 4.57 Å². The first-order valence-electron chi connectivity index (χ1n) is 6.53. The largest absolute Gasteiger partial charge is 0.382 e. The first-order valence-corrected chi connectivity index (χ1v) is 6.53. The number of nitrogens with zero attached hydrogens (tertiary/aromatic N) is 4. The van der Waals surface area contributed by atoms with Crippen LogP contribution in [0.15, 0.2) is 12.7 Å². The van der Waals surface area contributed by atoms with E-state index in [1.807, 2.05) is 0 Å². The van der Waals surface area contributed by atoms with Crippen molar-refractivity contribution in [2.45, 2.75) is 24.5 Å². The van der Waals surface area contributed by atoms with Gasteiger partial charge in [0.25, 0.3) is 0 Å². The molecule has 4 unspecified atom stereocenters. The third-order valence-corrected chi connectivity index (χ3v) is 3.67. The third-order valence-electron chi connectivity index (χ3n) is 3.67. The van der Waals surface area contributed by atoms with Crippen molar-refractivity contribution in [3.05, 3.63) is 12.7 Å². The number of methoxy groups -OCH3 is 2. The zero-order valence-electron chi connectivity index (χ0n) is 11.8. The molecule has 0 bridgehead atoms. The standard InChI is InChI=1S/C12H18N6O3/c1-19-3-6-7(13)9(20-2)12(21-6)18-5-17-8-10(14)15-4-16-11(8)18/h4-7,9,12H,3,13H2,1-2H3,(H2,14,15,16). The molecule has 0 saturated carbocycles. The Kier molecular flexibility index (Phi) is 3.72. The number of nitrogens with two attached hydrogens (primary N) is 2. The normalized spacial score (nSPS) is 29.3.